The number of furan rings is 1. The van der Waals surface area contributed by atoms with E-state index in [1.54, 1.807) is 0 Å². The third-order valence-corrected chi connectivity index (χ3v) is 6.65. The van der Waals surface area contributed by atoms with Crippen molar-refractivity contribution in [1.82, 2.24) is 4.57 Å². The van der Waals surface area contributed by atoms with E-state index in [4.69, 9.17) is 4.42 Å². The Hall–Kier alpha value is -4.81. The van der Waals surface area contributed by atoms with E-state index < -0.39 is 0 Å². The highest BCUT2D eigenvalue weighted by Crippen LogP contribution is 2.36. The van der Waals surface area contributed by atoms with Crippen LogP contribution in [-0.4, -0.2) is 4.57 Å². The monoisotopic (exact) mass is 434 g/mol. The van der Waals surface area contributed by atoms with E-state index in [1.165, 1.54) is 10.8 Å². The Bertz CT molecular complexity index is 1880. The maximum atomic E-state index is 10.1. The summed E-state index contributed by atoms with van der Waals surface area (Å²) in [6.07, 6.45) is 0. The molecule has 3 nitrogen and oxygen atoms in total. The largest absolute Gasteiger partial charge is 0.456 e. The number of benzene rings is 5. The SMILES string of the molecule is N#Cc1cc(-c2ccc3oc4ccccc4c3c2)ccc1-n1c2ccccc2c2ccccc21. The first-order valence-corrected chi connectivity index (χ1v) is 11.3. The van der Waals surface area contributed by atoms with Crippen LogP contribution in [0.5, 0.6) is 0 Å². The molecule has 5 aromatic carbocycles. The Kier molecular flexibility index (Phi) is 3.91. The molecule has 3 heteroatoms. The van der Waals surface area contributed by atoms with Crippen molar-refractivity contribution >= 4 is 43.7 Å². The van der Waals surface area contributed by atoms with Crippen LogP contribution in [0.3, 0.4) is 0 Å². The number of hydrogen-bond acceptors (Lipinski definition) is 2. The molecule has 0 spiro atoms. The van der Waals surface area contributed by atoms with Gasteiger partial charge in [-0.1, -0.05) is 66.7 Å². The minimum atomic E-state index is 0.640. The van der Waals surface area contributed by atoms with Crippen LogP contribution >= 0.6 is 0 Å². The van der Waals surface area contributed by atoms with Gasteiger partial charge in [-0.2, -0.15) is 5.26 Å². The Balaban J connectivity index is 1.44. The Morgan fingerprint density at radius 1 is 0.559 bits per heavy atom. The Morgan fingerprint density at radius 2 is 1.15 bits per heavy atom. The van der Waals surface area contributed by atoms with Crippen molar-refractivity contribution in [3.63, 3.8) is 0 Å². The number of rotatable bonds is 2. The van der Waals surface area contributed by atoms with Gasteiger partial charge in [0.15, 0.2) is 0 Å². The fourth-order valence-electron chi connectivity index (χ4n) is 5.09. The second-order valence-corrected chi connectivity index (χ2v) is 8.52. The average Bonchev–Trinajstić information content (AvgIpc) is 3.44. The molecule has 158 valence electrons. The van der Waals surface area contributed by atoms with Crippen molar-refractivity contribution in [3.8, 4) is 22.9 Å². The minimum absolute atomic E-state index is 0.640. The molecule has 0 saturated carbocycles. The molecule has 2 heterocycles. The molecule has 0 aliphatic carbocycles. The van der Waals surface area contributed by atoms with Crippen LogP contribution in [-0.2, 0) is 0 Å². The van der Waals surface area contributed by atoms with Crippen LogP contribution in [0.1, 0.15) is 5.56 Å². The summed E-state index contributed by atoms with van der Waals surface area (Å²) in [5.74, 6) is 0. The van der Waals surface area contributed by atoms with Gasteiger partial charge in [-0.05, 0) is 53.6 Å². The molecular formula is C31H18N2O. The number of aromatic nitrogens is 1. The molecule has 0 radical (unpaired) electrons. The summed E-state index contributed by atoms with van der Waals surface area (Å²) in [5.41, 5.74) is 7.54. The summed E-state index contributed by atoms with van der Waals surface area (Å²) < 4.78 is 8.18. The molecule has 0 amide bonds. The van der Waals surface area contributed by atoms with Crippen molar-refractivity contribution in [2.24, 2.45) is 0 Å². The minimum Gasteiger partial charge on any atom is -0.456 e. The molecule has 0 unspecified atom stereocenters. The second-order valence-electron chi connectivity index (χ2n) is 8.52. The average molecular weight is 434 g/mol. The molecular weight excluding hydrogens is 416 g/mol. The quantitative estimate of drug-likeness (QED) is 0.275. The number of hydrogen-bond donors (Lipinski definition) is 0. The van der Waals surface area contributed by atoms with Crippen molar-refractivity contribution in [2.75, 3.05) is 0 Å². The van der Waals surface area contributed by atoms with E-state index in [9.17, 15) is 5.26 Å². The van der Waals surface area contributed by atoms with Gasteiger partial charge >= 0.3 is 0 Å². The van der Waals surface area contributed by atoms with Gasteiger partial charge in [0, 0.05) is 21.5 Å². The van der Waals surface area contributed by atoms with Gasteiger partial charge in [0.25, 0.3) is 0 Å². The molecule has 7 aromatic rings. The second kappa shape index (κ2) is 7.10. The van der Waals surface area contributed by atoms with Crippen LogP contribution in [0.15, 0.2) is 114 Å². The normalized spacial score (nSPS) is 11.5. The van der Waals surface area contributed by atoms with E-state index in [0.717, 1.165) is 49.8 Å². The summed E-state index contributed by atoms with van der Waals surface area (Å²) in [6.45, 7) is 0. The molecule has 0 N–H and O–H groups in total. The molecule has 34 heavy (non-hydrogen) atoms. The summed E-state index contributed by atoms with van der Waals surface area (Å²) in [7, 11) is 0. The maximum Gasteiger partial charge on any atom is 0.135 e. The van der Waals surface area contributed by atoms with E-state index in [1.807, 2.05) is 42.5 Å². The lowest BCUT2D eigenvalue weighted by Crippen LogP contribution is -1.98. The molecule has 2 aromatic heterocycles. The van der Waals surface area contributed by atoms with Gasteiger partial charge in [-0.3, -0.25) is 0 Å². The highest BCUT2D eigenvalue weighted by atomic mass is 16.3. The third-order valence-electron chi connectivity index (χ3n) is 6.65. The third kappa shape index (κ3) is 2.63. The van der Waals surface area contributed by atoms with Crippen LogP contribution < -0.4 is 0 Å². The highest BCUT2D eigenvalue weighted by Gasteiger charge is 2.15. The van der Waals surface area contributed by atoms with Crippen molar-refractivity contribution in [3.05, 3.63) is 115 Å². The van der Waals surface area contributed by atoms with Crippen LogP contribution in [0.2, 0.25) is 0 Å². The lowest BCUT2D eigenvalue weighted by molar-refractivity contribution is 0.669. The summed E-state index contributed by atoms with van der Waals surface area (Å²) in [5, 5.41) is 14.7. The lowest BCUT2D eigenvalue weighted by Gasteiger charge is -2.12. The first-order chi connectivity index (χ1) is 16.8. The number of fused-ring (bicyclic) bond motifs is 6. The van der Waals surface area contributed by atoms with Crippen molar-refractivity contribution in [2.45, 2.75) is 0 Å². The van der Waals surface area contributed by atoms with Crippen LogP contribution in [0.4, 0.5) is 0 Å². The fourth-order valence-corrected chi connectivity index (χ4v) is 5.09. The lowest BCUT2D eigenvalue weighted by atomic mass is 10.00. The van der Waals surface area contributed by atoms with Crippen LogP contribution in [0, 0.1) is 11.3 Å². The van der Waals surface area contributed by atoms with E-state index in [-0.39, 0.29) is 0 Å². The predicted molar refractivity (Wildman–Crippen MR) is 138 cm³/mol. The molecule has 0 fully saturated rings. The maximum absolute atomic E-state index is 10.1. The molecule has 0 aliphatic heterocycles. The fraction of sp³-hybridized carbons (Fsp3) is 0. The predicted octanol–water partition coefficient (Wildman–Crippen LogP) is 8.22. The summed E-state index contributed by atoms with van der Waals surface area (Å²) >= 11 is 0. The van der Waals surface area contributed by atoms with Gasteiger partial charge in [-0.15, -0.1) is 0 Å². The van der Waals surface area contributed by atoms with Crippen LogP contribution in [0.25, 0.3) is 60.6 Å². The van der Waals surface area contributed by atoms with Crippen molar-refractivity contribution < 1.29 is 4.42 Å². The van der Waals surface area contributed by atoms with Gasteiger partial charge < -0.3 is 8.98 Å². The Morgan fingerprint density at radius 3 is 1.88 bits per heavy atom. The smallest absolute Gasteiger partial charge is 0.135 e. The van der Waals surface area contributed by atoms with Gasteiger partial charge in [0.05, 0.1) is 22.3 Å². The van der Waals surface area contributed by atoms with Gasteiger partial charge in [-0.25, -0.2) is 0 Å². The number of para-hydroxylation sites is 3. The number of nitriles is 1. The molecule has 0 saturated heterocycles. The van der Waals surface area contributed by atoms with E-state index in [0.29, 0.717) is 5.56 Å². The molecule has 7 rings (SSSR count). The van der Waals surface area contributed by atoms with E-state index >= 15 is 0 Å². The molecule has 0 atom stereocenters. The topological polar surface area (TPSA) is 41.9 Å². The zero-order valence-electron chi connectivity index (χ0n) is 18.2. The standard InChI is InChI=1S/C31H18N2O/c32-19-22-17-20(21-14-16-31-26(18-21)25-9-3-6-12-30(25)34-31)13-15-27(22)33-28-10-4-1-7-23(28)24-8-2-5-11-29(24)33/h1-18H. The Labute approximate surface area is 195 Å². The summed E-state index contributed by atoms with van der Waals surface area (Å²) in [4.78, 5) is 0. The first-order valence-electron chi connectivity index (χ1n) is 11.3. The molecule has 0 bridgehead atoms. The summed E-state index contributed by atoms with van der Waals surface area (Å²) in [6, 6.07) is 39.6. The highest BCUT2D eigenvalue weighted by molar-refractivity contribution is 6.09. The van der Waals surface area contributed by atoms with E-state index in [2.05, 4.69) is 77.4 Å². The van der Waals surface area contributed by atoms with Crippen molar-refractivity contribution in [1.29, 1.82) is 5.26 Å². The zero-order valence-corrected chi connectivity index (χ0v) is 18.2. The first kappa shape index (κ1) is 18.7. The zero-order chi connectivity index (χ0) is 22.6. The number of nitrogens with zero attached hydrogens (tertiary/aromatic N) is 2. The van der Waals surface area contributed by atoms with Gasteiger partial charge in [0.2, 0.25) is 0 Å². The van der Waals surface area contributed by atoms with Gasteiger partial charge in [0.1, 0.15) is 17.2 Å². The molecule has 0 aliphatic rings.